The first kappa shape index (κ1) is 15.9. The summed E-state index contributed by atoms with van der Waals surface area (Å²) in [6.07, 6.45) is 0. The van der Waals surface area contributed by atoms with Crippen molar-refractivity contribution in [3.05, 3.63) is 82.1 Å². The van der Waals surface area contributed by atoms with Crippen LogP contribution in [0.2, 0.25) is 0 Å². The summed E-state index contributed by atoms with van der Waals surface area (Å²) in [7, 11) is 1.55. The molecular formula is C21H15NO4. The zero-order valence-corrected chi connectivity index (χ0v) is 13.9. The number of aromatic nitrogens is 1. The topological polar surface area (TPSA) is 79.5 Å². The predicted molar refractivity (Wildman–Crippen MR) is 99.9 cm³/mol. The van der Waals surface area contributed by atoms with Gasteiger partial charge in [-0.25, -0.2) is 0 Å². The van der Waals surface area contributed by atoms with Gasteiger partial charge in [0.2, 0.25) is 5.78 Å². The molecule has 1 aromatic heterocycles. The quantitative estimate of drug-likeness (QED) is 0.546. The smallest absolute Gasteiger partial charge is 0.265 e. The summed E-state index contributed by atoms with van der Waals surface area (Å²) >= 11 is 0. The summed E-state index contributed by atoms with van der Waals surface area (Å²) in [5, 5.41) is 22.6. The molecule has 0 radical (unpaired) electrons. The number of benzene rings is 3. The largest absolute Gasteiger partial charge is 0.507 e. The molecule has 3 aromatic carbocycles. The van der Waals surface area contributed by atoms with Crippen molar-refractivity contribution >= 4 is 27.5 Å². The summed E-state index contributed by atoms with van der Waals surface area (Å²) < 4.78 is 1.32. The number of pyridine rings is 1. The van der Waals surface area contributed by atoms with E-state index in [2.05, 4.69) is 0 Å². The average Bonchev–Trinajstić information content (AvgIpc) is 2.66. The minimum Gasteiger partial charge on any atom is -0.507 e. The van der Waals surface area contributed by atoms with Crippen molar-refractivity contribution in [2.45, 2.75) is 0 Å². The van der Waals surface area contributed by atoms with Crippen molar-refractivity contribution < 1.29 is 15.0 Å². The highest BCUT2D eigenvalue weighted by Crippen LogP contribution is 2.33. The van der Waals surface area contributed by atoms with E-state index in [0.717, 1.165) is 5.39 Å². The van der Waals surface area contributed by atoms with Crippen LogP contribution in [-0.4, -0.2) is 20.6 Å². The molecule has 0 saturated heterocycles. The lowest BCUT2D eigenvalue weighted by molar-refractivity contribution is 0.103. The number of aryl methyl sites for hydroxylation is 1. The number of para-hydroxylation sites is 1. The van der Waals surface area contributed by atoms with E-state index in [-0.39, 0.29) is 22.6 Å². The Morgan fingerprint density at radius 3 is 2.27 bits per heavy atom. The molecule has 26 heavy (non-hydrogen) atoms. The molecule has 5 nitrogen and oxygen atoms in total. The predicted octanol–water partition coefficient (Wildman–Crippen LogP) is 3.33. The fourth-order valence-corrected chi connectivity index (χ4v) is 3.31. The molecule has 4 rings (SSSR count). The lowest BCUT2D eigenvalue weighted by atomic mass is 9.95. The van der Waals surface area contributed by atoms with E-state index < -0.39 is 11.3 Å². The number of aromatic hydroxyl groups is 2. The summed E-state index contributed by atoms with van der Waals surface area (Å²) in [6.45, 7) is 0. The Morgan fingerprint density at radius 2 is 1.50 bits per heavy atom. The molecule has 0 bridgehead atoms. The molecule has 0 unspecified atom stereocenters. The zero-order valence-electron chi connectivity index (χ0n) is 13.9. The average molecular weight is 345 g/mol. The van der Waals surface area contributed by atoms with E-state index >= 15 is 0 Å². The number of ketones is 1. The monoisotopic (exact) mass is 345 g/mol. The van der Waals surface area contributed by atoms with Gasteiger partial charge in [-0.05, 0) is 29.0 Å². The third kappa shape index (κ3) is 2.18. The molecule has 0 spiro atoms. The van der Waals surface area contributed by atoms with Gasteiger partial charge in [-0.15, -0.1) is 0 Å². The van der Waals surface area contributed by atoms with Crippen molar-refractivity contribution in [2.75, 3.05) is 0 Å². The van der Waals surface area contributed by atoms with E-state index in [1.807, 2.05) is 12.1 Å². The Bertz CT molecular complexity index is 1250. The van der Waals surface area contributed by atoms with Gasteiger partial charge in [0.15, 0.2) is 0 Å². The van der Waals surface area contributed by atoms with Crippen molar-refractivity contribution in [3.8, 4) is 11.5 Å². The number of nitrogens with zero attached hydrogens (tertiary/aromatic N) is 1. The van der Waals surface area contributed by atoms with Gasteiger partial charge in [-0.3, -0.25) is 9.59 Å². The molecule has 0 aliphatic heterocycles. The molecule has 0 aliphatic rings. The van der Waals surface area contributed by atoms with Gasteiger partial charge in [0.1, 0.15) is 17.1 Å². The molecule has 128 valence electrons. The molecule has 2 N–H and O–H groups in total. The Kier molecular flexibility index (Phi) is 3.51. The fraction of sp³-hybridized carbons (Fsp3) is 0.0476. The first-order chi connectivity index (χ1) is 12.5. The van der Waals surface area contributed by atoms with E-state index in [0.29, 0.717) is 16.3 Å². The summed E-state index contributed by atoms with van der Waals surface area (Å²) in [5.74, 6) is -1.31. The van der Waals surface area contributed by atoms with Crippen LogP contribution in [0, 0.1) is 0 Å². The van der Waals surface area contributed by atoms with Crippen molar-refractivity contribution in [1.82, 2.24) is 4.57 Å². The summed E-state index contributed by atoms with van der Waals surface area (Å²) in [4.78, 5) is 26.0. The van der Waals surface area contributed by atoms with Crippen LogP contribution < -0.4 is 5.56 Å². The maximum atomic E-state index is 13.2. The van der Waals surface area contributed by atoms with Gasteiger partial charge < -0.3 is 14.8 Å². The minimum atomic E-state index is -0.705. The van der Waals surface area contributed by atoms with Crippen LogP contribution in [0.25, 0.3) is 21.7 Å². The van der Waals surface area contributed by atoms with Crippen molar-refractivity contribution in [2.24, 2.45) is 7.05 Å². The second-order valence-corrected chi connectivity index (χ2v) is 6.11. The third-order valence-corrected chi connectivity index (χ3v) is 4.64. The van der Waals surface area contributed by atoms with Gasteiger partial charge in [-0.2, -0.15) is 0 Å². The Morgan fingerprint density at radius 1 is 0.846 bits per heavy atom. The molecule has 0 fully saturated rings. The van der Waals surface area contributed by atoms with Crippen LogP contribution in [0.5, 0.6) is 11.5 Å². The Labute approximate surface area is 148 Å². The maximum absolute atomic E-state index is 13.2. The number of carbonyl (C=O) groups excluding carboxylic acids is 1. The molecule has 0 amide bonds. The van der Waals surface area contributed by atoms with Crippen molar-refractivity contribution in [1.29, 1.82) is 0 Å². The normalized spacial score (nSPS) is 11.1. The molecule has 4 aromatic rings. The highest BCUT2D eigenvalue weighted by Gasteiger charge is 2.25. The fourth-order valence-electron chi connectivity index (χ4n) is 3.31. The Hall–Kier alpha value is -3.60. The van der Waals surface area contributed by atoms with E-state index in [1.165, 1.54) is 10.6 Å². The number of carbonyl (C=O) groups is 1. The highest BCUT2D eigenvalue weighted by molar-refractivity contribution is 6.20. The standard InChI is InChI=1S/C21H15NO4/c1-22-15-9-5-4-8-14(15)19(24)18(21(22)26)20(25)17-13-7-3-2-6-12(13)10-11-16(17)23/h2-11,23-24H,1H3. The second-order valence-electron chi connectivity index (χ2n) is 6.11. The number of rotatable bonds is 2. The number of phenols is 1. The lowest BCUT2D eigenvalue weighted by Crippen LogP contribution is -2.25. The molecule has 5 heteroatoms. The van der Waals surface area contributed by atoms with Crippen LogP contribution in [-0.2, 0) is 7.05 Å². The van der Waals surface area contributed by atoms with E-state index in [9.17, 15) is 19.8 Å². The molecule has 1 heterocycles. The summed E-state index contributed by atoms with van der Waals surface area (Å²) in [6, 6.07) is 17.0. The van der Waals surface area contributed by atoms with Crippen LogP contribution >= 0.6 is 0 Å². The number of hydrogen-bond acceptors (Lipinski definition) is 4. The molecule has 0 saturated carbocycles. The van der Waals surface area contributed by atoms with Gasteiger partial charge in [0, 0.05) is 12.4 Å². The Balaban J connectivity index is 2.08. The minimum absolute atomic E-state index is 0.00535. The van der Waals surface area contributed by atoms with E-state index in [1.54, 1.807) is 49.5 Å². The first-order valence-electron chi connectivity index (χ1n) is 8.07. The van der Waals surface area contributed by atoms with Gasteiger partial charge in [0.05, 0.1) is 11.1 Å². The lowest BCUT2D eigenvalue weighted by Gasteiger charge is -2.13. The second kappa shape index (κ2) is 5.74. The maximum Gasteiger partial charge on any atom is 0.265 e. The number of phenolic OH excluding ortho intramolecular Hbond substituents is 1. The van der Waals surface area contributed by atoms with Crippen LogP contribution in [0.15, 0.2) is 65.5 Å². The van der Waals surface area contributed by atoms with Gasteiger partial charge in [0.25, 0.3) is 5.56 Å². The molecular weight excluding hydrogens is 330 g/mol. The number of hydrogen-bond donors (Lipinski definition) is 2. The van der Waals surface area contributed by atoms with Gasteiger partial charge >= 0.3 is 0 Å². The summed E-state index contributed by atoms with van der Waals surface area (Å²) in [5.41, 5.74) is -0.434. The first-order valence-corrected chi connectivity index (χ1v) is 8.07. The van der Waals surface area contributed by atoms with Crippen LogP contribution in [0.1, 0.15) is 15.9 Å². The highest BCUT2D eigenvalue weighted by atomic mass is 16.3. The third-order valence-electron chi connectivity index (χ3n) is 4.64. The van der Waals surface area contributed by atoms with Crippen LogP contribution in [0.3, 0.4) is 0 Å². The van der Waals surface area contributed by atoms with Gasteiger partial charge in [-0.1, -0.05) is 42.5 Å². The van der Waals surface area contributed by atoms with Crippen LogP contribution in [0.4, 0.5) is 0 Å². The SMILES string of the molecule is Cn1c(=O)c(C(=O)c2c(O)ccc3ccccc23)c(O)c2ccccc21. The van der Waals surface area contributed by atoms with Crippen molar-refractivity contribution in [3.63, 3.8) is 0 Å². The number of fused-ring (bicyclic) bond motifs is 2. The zero-order chi connectivity index (χ0) is 18.4. The molecule has 0 atom stereocenters. The molecule has 0 aliphatic carbocycles. The van der Waals surface area contributed by atoms with E-state index in [4.69, 9.17) is 0 Å².